The first-order chi connectivity index (χ1) is 13.4. The van der Waals surface area contributed by atoms with Gasteiger partial charge in [0.15, 0.2) is 5.96 Å². The van der Waals surface area contributed by atoms with Gasteiger partial charge in [-0.1, -0.05) is 26.0 Å². The maximum atomic E-state index is 5.95. The highest BCUT2D eigenvalue weighted by molar-refractivity contribution is 14.0. The second kappa shape index (κ2) is 10.3. The third-order valence-corrected chi connectivity index (χ3v) is 5.21. The average molecular weight is 513 g/mol. The predicted molar refractivity (Wildman–Crippen MR) is 126 cm³/mol. The van der Waals surface area contributed by atoms with Gasteiger partial charge in [0.25, 0.3) is 0 Å². The number of guanidine groups is 1. The summed E-state index contributed by atoms with van der Waals surface area (Å²) in [5, 5.41) is 7.81. The first-order valence-corrected chi connectivity index (χ1v) is 9.63. The molecule has 0 spiro atoms. The molecule has 1 unspecified atom stereocenters. The van der Waals surface area contributed by atoms with Crippen LogP contribution in [-0.4, -0.2) is 61.0 Å². The van der Waals surface area contributed by atoms with Crippen LogP contribution in [0.25, 0.3) is 0 Å². The number of nitrogens with one attached hydrogen (secondary N) is 1. The minimum absolute atomic E-state index is 0. The normalized spacial score (nSPS) is 17.6. The molecule has 2 aromatic rings. The van der Waals surface area contributed by atoms with Crippen molar-refractivity contribution in [1.82, 2.24) is 20.0 Å². The Morgan fingerprint density at radius 3 is 2.86 bits per heavy atom. The monoisotopic (exact) mass is 513 g/mol. The van der Waals surface area contributed by atoms with Gasteiger partial charge in [-0.05, 0) is 17.7 Å². The molecule has 7 nitrogen and oxygen atoms in total. The molecule has 0 radical (unpaired) electrons. The summed E-state index contributed by atoms with van der Waals surface area (Å²) < 4.78 is 13.1. The summed E-state index contributed by atoms with van der Waals surface area (Å²) in [6.45, 7) is 7.45. The molecule has 1 atom stereocenters. The smallest absolute Gasteiger partial charge is 0.193 e. The maximum absolute atomic E-state index is 5.95. The van der Waals surface area contributed by atoms with Gasteiger partial charge in [0, 0.05) is 44.4 Å². The zero-order valence-corrected chi connectivity index (χ0v) is 20.2. The van der Waals surface area contributed by atoms with Crippen LogP contribution < -0.4 is 10.1 Å². The van der Waals surface area contributed by atoms with Crippen LogP contribution in [0, 0.1) is 0 Å². The number of nitrogens with zero attached hydrogens (tertiary/aromatic N) is 4. The van der Waals surface area contributed by atoms with Crippen molar-refractivity contribution in [2.45, 2.75) is 25.4 Å². The van der Waals surface area contributed by atoms with E-state index in [0.29, 0.717) is 6.61 Å². The number of halogens is 1. The molecule has 8 heteroatoms. The topological polar surface area (TPSA) is 63.9 Å². The summed E-state index contributed by atoms with van der Waals surface area (Å²) in [7, 11) is 5.45. The van der Waals surface area contributed by atoms with Gasteiger partial charge in [-0.2, -0.15) is 5.10 Å². The van der Waals surface area contributed by atoms with Crippen LogP contribution in [0.3, 0.4) is 0 Å². The highest BCUT2D eigenvalue weighted by Gasteiger charge is 2.27. The molecule has 29 heavy (non-hydrogen) atoms. The minimum atomic E-state index is -0.0699. The molecule has 0 bridgehead atoms. The number of rotatable bonds is 5. The molecule has 1 aliphatic heterocycles. The first kappa shape index (κ1) is 23.5. The van der Waals surface area contributed by atoms with E-state index in [1.54, 1.807) is 11.8 Å². The lowest BCUT2D eigenvalue weighted by molar-refractivity contribution is -0.00808. The maximum Gasteiger partial charge on any atom is 0.193 e. The summed E-state index contributed by atoms with van der Waals surface area (Å²) in [4.78, 5) is 6.76. The number of hydrogen-bond donors (Lipinski definition) is 1. The Bertz CT molecular complexity index is 821. The zero-order valence-electron chi connectivity index (χ0n) is 17.9. The summed E-state index contributed by atoms with van der Waals surface area (Å²) in [5.74, 6) is 1.77. The van der Waals surface area contributed by atoms with Crippen LogP contribution in [0.15, 0.2) is 41.7 Å². The Morgan fingerprint density at radius 1 is 1.41 bits per heavy atom. The lowest BCUT2D eigenvalue weighted by Gasteiger charge is -2.36. The highest BCUT2D eigenvalue weighted by atomic mass is 127. The molecule has 160 valence electrons. The van der Waals surface area contributed by atoms with Crippen molar-refractivity contribution in [3.63, 3.8) is 0 Å². The van der Waals surface area contributed by atoms with E-state index >= 15 is 0 Å². The Labute approximate surface area is 190 Å². The van der Waals surface area contributed by atoms with Gasteiger partial charge < -0.3 is 19.7 Å². The molecule has 0 aliphatic carbocycles. The highest BCUT2D eigenvalue weighted by Crippen LogP contribution is 2.26. The van der Waals surface area contributed by atoms with E-state index in [0.717, 1.165) is 36.9 Å². The summed E-state index contributed by atoms with van der Waals surface area (Å²) in [6, 6.07) is 8.24. The first-order valence-electron chi connectivity index (χ1n) is 9.63. The second-order valence-electron chi connectivity index (χ2n) is 7.77. The number of aliphatic imine (C=N–C) groups is 1. The van der Waals surface area contributed by atoms with Gasteiger partial charge in [-0.15, -0.1) is 24.0 Å². The van der Waals surface area contributed by atoms with Gasteiger partial charge in [-0.3, -0.25) is 9.67 Å². The number of aromatic nitrogens is 2. The molecule has 1 aromatic heterocycles. The van der Waals surface area contributed by atoms with Crippen molar-refractivity contribution < 1.29 is 9.47 Å². The number of hydrogen-bond acceptors (Lipinski definition) is 4. The molecule has 1 saturated heterocycles. The fraction of sp³-hybridized carbons (Fsp3) is 0.524. The average Bonchev–Trinajstić information content (AvgIpc) is 3.15. The molecule has 1 N–H and O–H groups in total. The van der Waals surface area contributed by atoms with Gasteiger partial charge in [0.2, 0.25) is 0 Å². The van der Waals surface area contributed by atoms with Crippen molar-refractivity contribution >= 4 is 29.9 Å². The van der Waals surface area contributed by atoms with Crippen molar-refractivity contribution in [2.24, 2.45) is 12.0 Å². The van der Waals surface area contributed by atoms with Crippen molar-refractivity contribution in [1.29, 1.82) is 0 Å². The largest absolute Gasteiger partial charge is 0.497 e. The van der Waals surface area contributed by atoms with Crippen LogP contribution >= 0.6 is 24.0 Å². The predicted octanol–water partition coefficient (Wildman–Crippen LogP) is 2.97. The van der Waals surface area contributed by atoms with E-state index in [9.17, 15) is 0 Å². The Morgan fingerprint density at radius 2 is 2.21 bits per heavy atom. The molecule has 0 amide bonds. The molecule has 2 heterocycles. The van der Waals surface area contributed by atoms with Crippen LogP contribution in [-0.2, 0) is 17.2 Å². The molecule has 1 aliphatic rings. The second-order valence-corrected chi connectivity index (χ2v) is 7.77. The summed E-state index contributed by atoms with van der Waals surface area (Å²) in [6.07, 6.45) is 3.89. The number of ether oxygens (including phenoxy) is 2. The number of methoxy groups -OCH3 is 1. The Hall–Kier alpha value is -1.81. The standard InChI is InChI=1S/C21H31N5O2.HI/c1-21(2,17-7-6-8-18(11-17)27-5)15-23-20(22-3)26-9-10-28-19(14-26)16-12-24-25(4)13-16;/h6-8,11-13,19H,9-10,14-15H2,1-5H3,(H,22,23);1H. The lowest BCUT2D eigenvalue weighted by atomic mass is 9.84. The van der Waals surface area contributed by atoms with Gasteiger partial charge in [-0.25, -0.2) is 0 Å². The van der Waals surface area contributed by atoms with E-state index in [-0.39, 0.29) is 35.5 Å². The lowest BCUT2D eigenvalue weighted by Crippen LogP contribution is -2.50. The van der Waals surface area contributed by atoms with E-state index in [1.807, 2.05) is 38.6 Å². The third-order valence-electron chi connectivity index (χ3n) is 5.21. The quantitative estimate of drug-likeness (QED) is 0.379. The van der Waals surface area contributed by atoms with Crippen LogP contribution in [0.5, 0.6) is 5.75 Å². The molecule has 3 rings (SSSR count). The molecular weight excluding hydrogens is 481 g/mol. The van der Waals surface area contributed by atoms with Gasteiger partial charge in [0.05, 0.1) is 26.5 Å². The number of aryl methyl sites for hydroxylation is 1. The summed E-state index contributed by atoms with van der Waals surface area (Å²) >= 11 is 0. The molecule has 1 aromatic carbocycles. The fourth-order valence-electron chi connectivity index (χ4n) is 3.43. The summed E-state index contributed by atoms with van der Waals surface area (Å²) in [5.41, 5.74) is 2.25. The van der Waals surface area contributed by atoms with E-state index in [2.05, 4.69) is 46.3 Å². The molecule has 0 saturated carbocycles. The Balaban J connectivity index is 0.00000300. The van der Waals surface area contributed by atoms with Crippen LogP contribution in [0.4, 0.5) is 0 Å². The molecule has 1 fully saturated rings. The van der Waals surface area contributed by atoms with Gasteiger partial charge >= 0.3 is 0 Å². The van der Waals surface area contributed by atoms with E-state index < -0.39 is 0 Å². The third kappa shape index (κ3) is 5.85. The van der Waals surface area contributed by atoms with Crippen molar-refractivity contribution in [3.05, 3.63) is 47.8 Å². The molecular formula is C21H32IN5O2. The SMILES string of the molecule is CN=C(NCC(C)(C)c1cccc(OC)c1)N1CCOC(c2cnn(C)c2)C1.I. The van der Waals surface area contributed by atoms with Crippen molar-refractivity contribution in [3.8, 4) is 5.75 Å². The van der Waals surface area contributed by atoms with Crippen LogP contribution in [0.2, 0.25) is 0 Å². The fourth-order valence-corrected chi connectivity index (χ4v) is 3.43. The van der Waals surface area contributed by atoms with E-state index in [4.69, 9.17) is 9.47 Å². The van der Waals surface area contributed by atoms with Crippen LogP contribution in [0.1, 0.15) is 31.1 Å². The Kier molecular flexibility index (Phi) is 8.33. The minimum Gasteiger partial charge on any atom is -0.497 e. The van der Waals surface area contributed by atoms with Gasteiger partial charge in [0.1, 0.15) is 11.9 Å². The zero-order chi connectivity index (χ0) is 20.1. The number of benzene rings is 1. The van der Waals surface area contributed by atoms with E-state index in [1.165, 1.54) is 5.56 Å². The van der Waals surface area contributed by atoms with Crippen molar-refractivity contribution in [2.75, 3.05) is 40.4 Å². The number of morpholine rings is 1.